The van der Waals surface area contributed by atoms with Gasteiger partial charge in [-0.05, 0) is 23.6 Å². The van der Waals surface area contributed by atoms with Crippen LogP contribution < -0.4 is 5.32 Å². The predicted molar refractivity (Wildman–Crippen MR) is 83.6 cm³/mol. The number of phenolic OH excluding ortho intramolecular Hbond substituents is 1. The summed E-state index contributed by atoms with van der Waals surface area (Å²) in [5.41, 5.74) is 0.616. The van der Waals surface area contributed by atoms with Crippen LogP contribution in [0.5, 0.6) is 5.75 Å². The summed E-state index contributed by atoms with van der Waals surface area (Å²) in [5, 5.41) is 15.5. The van der Waals surface area contributed by atoms with Crippen molar-refractivity contribution in [1.82, 2.24) is 5.32 Å². The highest BCUT2D eigenvalue weighted by Crippen LogP contribution is 2.27. The summed E-state index contributed by atoms with van der Waals surface area (Å²) < 4.78 is 4.73. The topological polar surface area (TPSA) is 58.6 Å². The number of rotatable bonds is 6. The lowest BCUT2D eigenvalue weighted by molar-refractivity contribution is -0.141. The van der Waals surface area contributed by atoms with Crippen molar-refractivity contribution in [2.45, 2.75) is 19.0 Å². The molecule has 0 spiro atoms. The molecule has 2 N–H and O–H groups in total. The van der Waals surface area contributed by atoms with Crippen LogP contribution in [0.2, 0.25) is 5.02 Å². The molecule has 0 radical (unpaired) electrons. The van der Waals surface area contributed by atoms with Crippen molar-refractivity contribution in [3.8, 4) is 5.75 Å². The molecule has 0 saturated heterocycles. The molecule has 6 heteroatoms. The fourth-order valence-electron chi connectivity index (χ4n) is 1.96. The zero-order valence-corrected chi connectivity index (χ0v) is 13.1. The van der Waals surface area contributed by atoms with Crippen molar-refractivity contribution in [2.24, 2.45) is 0 Å². The van der Waals surface area contributed by atoms with E-state index in [4.69, 9.17) is 16.3 Å². The first kappa shape index (κ1) is 15.8. The number of hydrogen-bond acceptors (Lipinski definition) is 5. The Labute approximate surface area is 132 Å². The van der Waals surface area contributed by atoms with Gasteiger partial charge in [-0.25, -0.2) is 0 Å². The molecule has 1 aromatic heterocycles. The highest BCUT2D eigenvalue weighted by atomic mass is 35.5. The molecule has 0 bridgehead atoms. The number of esters is 1. The van der Waals surface area contributed by atoms with Gasteiger partial charge in [-0.1, -0.05) is 23.7 Å². The minimum atomic E-state index is -0.288. The zero-order chi connectivity index (χ0) is 15.2. The number of thiophene rings is 1. The smallest absolute Gasteiger partial charge is 0.307 e. The Morgan fingerprint density at radius 2 is 2.24 bits per heavy atom. The van der Waals surface area contributed by atoms with Gasteiger partial charge >= 0.3 is 5.97 Å². The Morgan fingerprint density at radius 3 is 2.86 bits per heavy atom. The highest BCUT2D eigenvalue weighted by molar-refractivity contribution is 7.10. The Balaban J connectivity index is 2.10. The number of nitrogens with one attached hydrogen (secondary N) is 1. The zero-order valence-electron chi connectivity index (χ0n) is 11.5. The monoisotopic (exact) mass is 325 g/mol. The van der Waals surface area contributed by atoms with Gasteiger partial charge in [-0.2, -0.15) is 0 Å². The highest BCUT2D eigenvalue weighted by Gasteiger charge is 2.18. The summed E-state index contributed by atoms with van der Waals surface area (Å²) in [4.78, 5) is 12.6. The summed E-state index contributed by atoms with van der Waals surface area (Å²) in [6, 6.07) is 8.71. The van der Waals surface area contributed by atoms with Crippen LogP contribution in [0, 0.1) is 0 Å². The van der Waals surface area contributed by atoms with Gasteiger partial charge < -0.3 is 15.2 Å². The van der Waals surface area contributed by atoms with Crippen molar-refractivity contribution in [3.05, 3.63) is 51.2 Å². The maximum Gasteiger partial charge on any atom is 0.307 e. The average molecular weight is 326 g/mol. The second-order valence-electron chi connectivity index (χ2n) is 4.47. The van der Waals surface area contributed by atoms with Crippen LogP contribution in [-0.2, 0) is 16.1 Å². The minimum absolute atomic E-state index is 0.137. The van der Waals surface area contributed by atoms with Crippen LogP contribution in [0.15, 0.2) is 35.7 Å². The molecule has 0 aliphatic rings. The summed E-state index contributed by atoms with van der Waals surface area (Å²) in [5.74, 6) is -0.151. The van der Waals surface area contributed by atoms with Crippen LogP contribution in [-0.4, -0.2) is 18.2 Å². The number of ether oxygens (including phenoxy) is 1. The van der Waals surface area contributed by atoms with Gasteiger partial charge in [0, 0.05) is 22.0 Å². The third-order valence-corrected chi connectivity index (χ3v) is 4.44. The number of carbonyl (C=O) groups excluding carboxylic acids is 1. The van der Waals surface area contributed by atoms with E-state index in [-0.39, 0.29) is 24.2 Å². The Morgan fingerprint density at radius 1 is 1.43 bits per heavy atom. The first-order valence-electron chi connectivity index (χ1n) is 6.41. The molecule has 0 aliphatic heterocycles. The van der Waals surface area contributed by atoms with E-state index in [1.165, 1.54) is 7.11 Å². The fourth-order valence-corrected chi connectivity index (χ4v) is 3.00. The molecule has 1 unspecified atom stereocenters. The van der Waals surface area contributed by atoms with Crippen molar-refractivity contribution in [3.63, 3.8) is 0 Å². The molecule has 0 amide bonds. The van der Waals surface area contributed by atoms with Gasteiger partial charge in [0.2, 0.25) is 0 Å². The van der Waals surface area contributed by atoms with Gasteiger partial charge in [0.15, 0.2) is 0 Å². The number of aromatic hydroxyl groups is 1. The van der Waals surface area contributed by atoms with E-state index in [9.17, 15) is 9.90 Å². The molecule has 1 atom stereocenters. The number of methoxy groups -OCH3 is 1. The van der Waals surface area contributed by atoms with E-state index in [1.807, 2.05) is 17.5 Å². The van der Waals surface area contributed by atoms with Crippen molar-refractivity contribution in [2.75, 3.05) is 7.11 Å². The fraction of sp³-hybridized carbons (Fsp3) is 0.267. The van der Waals surface area contributed by atoms with E-state index in [0.717, 1.165) is 4.88 Å². The van der Waals surface area contributed by atoms with Gasteiger partial charge in [0.05, 0.1) is 19.6 Å². The number of phenols is 1. The van der Waals surface area contributed by atoms with E-state index in [2.05, 4.69) is 5.32 Å². The average Bonchev–Trinajstić information content (AvgIpc) is 2.99. The SMILES string of the molecule is COC(=O)CC(NCc1c(O)cccc1Cl)c1cccs1. The first-order chi connectivity index (χ1) is 10.1. The van der Waals surface area contributed by atoms with E-state index < -0.39 is 0 Å². The maximum absolute atomic E-state index is 11.5. The normalized spacial score (nSPS) is 12.1. The lowest BCUT2D eigenvalue weighted by Crippen LogP contribution is -2.23. The molecule has 112 valence electrons. The van der Waals surface area contributed by atoms with Crippen LogP contribution in [0.4, 0.5) is 0 Å². The van der Waals surface area contributed by atoms with Crippen LogP contribution >= 0.6 is 22.9 Å². The Kier molecular flexibility index (Phi) is 5.61. The molecule has 2 rings (SSSR count). The predicted octanol–water partition coefficient (Wildman–Crippen LogP) is 3.50. The molecule has 21 heavy (non-hydrogen) atoms. The number of benzene rings is 1. The minimum Gasteiger partial charge on any atom is -0.508 e. The van der Waals surface area contributed by atoms with E-state index in [1.54, 1.807) is 29.5 Å². The molecule has 4 nitrogen and oxygen atoms in total. The number of halogens is 1. The third kappa shape index (κ3) is 4.20. The Hall–Kier alpha value is -1.56. The molecule has 2 aromatic rings. The van der Waals surface area contributed by atoms with Gasteiger partial charge in [-0.3, -0.25) is 4.79 Å². The third-order valence-electron chi connectivity index (χ3n) is 3.10. The Bertz CT molecular complexity index is 581. The summed E-state index contributed by atoms with van der Waals surface area (Å²) in [7, 11) is 1.37. The van der Waals surface area contributed by atoms with E-state index >= 15 is 0 Å². The van der Waals surface area contributed by atoms with Crippen molar-refractivity contribution in [1.29, 1.82) is 0 Å². The van der Waals surface area contributed by atoms with Crippen molar-refractivity contribution >= 4 is 28.9 Å². The summed E-state index contributed by atoms with van der Waals surface area (Å²) in [6.45, 7) is 0.366. The molecule has 0 aliphatic carbocycles. The van der Waals surface area contributed by atoms with Crippen molar-refractivity contribution < 1.29 is 14.6 Å². The maximum atomic E-state index is 11.5. The van der Waals surface area contributed by atoms with E-state index in [0.29, 0.717) is 17.1 Å². The first-order valence-corrected chi connectivity index (χ1v) is 7.67. The molecular formula is C15H16ClNO3S. The molecule has 0 fully saturated rings. The van der Waals surface area contributed by atoms with Crippen LogP contribution in [0.1, 0.15) is 22.9 Å². The second kappa shape index (κ2) is 7.45. The molecule has 0 saturated carbocycles. The summed E-state index contributed by atoms with van der Waals surface area (Å²) >= 11 is 7.64. The standard InChI is InChI=1S/C15H16ClNO3S/c1-20-15(19)8-12(14-6-3-7-21-14)17-9-10-11(16)4-2-5-13(10)18/h2-7,12,17-18H,8-9H2,1H3. The molecular weight excluding hydrogens is 310 g/mol. The second-order valence-corrected chi connectivity index (χ2v) is 5.85. The lowest BCUT2D eigenvalue weighted by atomic mass is 10.1. The lowest BCUT2D eigenvalue weighted by Gasteiger charge is -2.17. The number of carbonyl (C=O) groups is 1. The molecule has 1 heterocycles. The van der Waals surface area contributed by atoms with Crippen LogP contribution in [0.25, 0.3) is 0 Å². The van der Waals surface area contributed by atoms with Gasteiger partial charge in [0.25, 0.3) is 0 Å². The van der Waals surface area contributed by atoms with Gasteiger partial charge in [-0.15, -0.1) is 11.3 Å². The number of hydrogen-bond donors (Lipinski definition) is 2. The van der Waals surface area contributed by atoms with Gasteiger partial charge in [0.1, 0.15) is 5.75 Å². The summed E-state index contributed by atoms with van der Waals surface area (Å²) in [6.07, 6.45) is 0.224. The quantitative estimate of drug-likeness (QED) is 0.798. The molecule has 1 aromatic carbocycles. The largest absolute Gasteiger partial charge is 0.508 e. The van der Waals surface area contributed by atoms with Crippen LogP contribution in [0.3, 0.4) is 0 Å².